The fourth-order valence-electron chi connectivity index (χ4n) is 3.01. The summed E-state index contributed by atoms with van der Waals surface area (Å²) in [6, 6.07) is 11.0. The van der Waals surface area contributed by atoms with Crippen LogP contribution in [0, 0.1) is 13.8 Å². The van der Waals surface area contributed by atoms with E-state index in [1.165, 1.54) is 16.8 Å². The molecule has 0 aliphatic rings. The Morgan fingerprint density at radius 3 is 2.48 bits per heavy atom. The van der Waals surface area contributed by atoms with E-state index < -0.39 is 0 Å². The topological polar surface area (TPSA) is 29.9 Å². The van der Waals surface area contributed by atoms with Gasteiger partial charge in [0.25, 0.3) is 0 Å². The van der Waals surface area contributed by atoms with Crippen LogP contribution >= 0.6 is 0 Å². The van der Waals surface area contributed by atoms with Crippen LogP contribution < -0.4 is 5.32 Å². The summed E-state index contributed by atoms with van der Waals surface area (Å²) in [5.41, 5.74) is 5.21. The first-order valence-electron chi connectivity index (χ1n) is 7.98. The van der Waals surface area contributed by atoms with E-state index in [1.54, 1.807) is 0 Å². The molecule has 3 nitrogen and oxygen atoms in total. The SMILES string of the molecule is CCNC(CC)c1c(C)nn(CCc2ccccc2)c1C. The third-order valence-electron chi connectivity index (χ3n) is 4.10. The molecule has 1 atom stereocenters. The van der Waals surface area contributed by atoms with Gasteiger partial charge in [-0.25, -0.2) is 0 Å². The predicted molar refractivity (Wildman–Crippen MR) is 88.6 cm³/mol. The molecule has 0 aliphatic heterocycles. The second-order valence-electron chi connectivity index (χ2n) is 5.56. The first-order chi connectivity index (χ1) is 10.2. The Bertz CT molecular complexity index is 557. The van der Waals surface area contributed by atoms with Crippen LogP contribution in [-0.2, 0) is 13.0 Å². The van der Waals surface area contributed by atoms with E-state index in [0.29, 0.717) is 6.04 Å². The number of nitrogens with one attached hydrogen (secondary N) is 1. The van der Waals surface area contributed by atoms with E-state index in [2.05, 4.69) is 68.0 Å². The summed E-state index contributed by atoms with van der Waals surface area (Å²) in [5, 5.41) is 8.32. The molecule has 0 saturated heterocycles. The molecule has 2 aromatic rings. The summed E-state index contributed by atoms with van der Waals surface area (Å²) < 4.78 is 2.16. The Morgan fingerprint density at radius 2 is 1.86 bits per heavy atom. The summed E-state index contributed by atoms with van der Waals surface area (Å²) in [7, 11) is 0. The lowest BCUT2D eigenvalue weighted by molar-refractivity contribution is 0.529. The van der Waals surface area contributed by atoms with Crippen molar-refractivity contribution in [3.63, 3.8) is 0 Å². The molecule has 0 bridgehead atoms. The van der Waals surface area contributed by atoms with Gasteiger partial charge in [-0.1, -0.05) is 44.2 Å². The predicted octanol–water partition coefficient (Wildman–Crippen LogP) is 3.80. The molecule has 1 N–H and O–H groups in total. The van der Waals surface area contributed by atoms with Crippen molar-refractivity contribution in [2.24, 2.45) is 0 Å². The summed E-state index contributed by atoms with van der Waals surface area (Å²) in [4.78, 5) is 0. The van der Waals surface area contributed by atoms with Gasteiger partial charge in [-0.3, -0.25) is 4.68 Å². The molecule has 3 heteroatoms. The molecule has 1 unspecified atom stereocenters. The number of hydrogen-bond acceptors (Lipinski definition) is 2. The van der Waals surface area contributed by atoms with Crippen molar-refractivity contribution in [3.05, 3.63) is 52.8 Å². The maximum absolute atomic E-state index is 4.75. The molecule has 0 saturated carbocycles. The highest BCUT2D eigenvalue weighted by Crippen LogP contribution is 2.24. The fourth-order valence-corrected chi connectivity index (χ4v) is 3.01. The summed E-state index contributed by atoms with van der Waals surface area (Å²) in [5.74, 6) is 0. The first kappa shape index (κ1) is 15.8. The van der Waals surface area contributed by atoms with Gasteiger partial charge < -0.3 is 5.32 Å². The Balaban J connectivity index is 2.14. The molecule has 2 rings (SSSR count). The van der Waals surface area contributed by atoms with Gasteiger partial charge in [0.1, 0.15) is 0 Å². The lowest BCUT2D eigenvalue weighted by Crippen LogP contribution is -2.21. The highest BCUT2D eigenvalue weighted by atomic mass is 15.3. The Hall–Kier alpha value is -1.61. The van der Waals surface area contributed by atoms with Gasteiger partial charge in [0.2, 0.25) is 0 Å². The molecule has 114 valence electrons. The molecular formula is C18H27N3. The van der Waals surface area contributed by atoms with Crippen molar-refractivity contribution in [2.75, 3.05) is 6.54 Å². The van der Waals surface area contributed by atoms with Crippen LogP contribution in [0.5, 0.6) is 0 Å². The van der Waals surface area contributed by atoms with Gasteiger partial charge in [-0.2, -0.15) is 5.10 Å². The fraction of sp³-hybridized carbons (Fsp3) is 0.500. The van der Waals surface area contributed by atoms with Crippen LogP contribution in [0.1, 0.15) is 48.8 Å². The quantitative estimate of drug-likeness (QED) is 0.838. The Kier molecular flexibility index (Phi) is 5.57. The van der Waals surface area contributed by atoms with Crippen molar-refractivity contribution >= 4 is 0 Å². The van der Waals surface area contributed by atoms with Crippen molar-refractivity contribution in [1.29, 1.82) is 0 Å². The molecule has 1 heterocycles. The molecule has 0 spiro atoms. The monoisotopic (exact) mass is 285 g/mol. The number of hydrogen-bond donors (Lipinski definition) is 1. The average Bonchev–Trinajstić information content (AvgIpc) is 2.78. The highest BCUT2D eigenvalue weighted by Gasteiger charge is 2.18. The maximum Gasteiger partial charge on any atom is 0.0644 e. The maximum atomic E-state index is 4.75. The largest absolute Gasteiger partial charge is 0.310 e. The number of aromatic nitrogens is 2. The zero-order valence-corrected chi connectivity index (χ0v) is 13.7. The van der Waals surface area contributed by atoms with Crippen LogP contribution in [0.4, 0.5) is 0 Å². The zero-order chi connectivity index (χ0) is 15.2. The Labute approximate surface area is 128 Å². The minimum Gasteiger partial charge on any atom is -0.310 e. The van der Waals surface area contributed by atoms with Crippen LogP contribution in [-0.4, -0.2) is 16.3 Å². The summed E-state index contributed by atoms with van der Waals surface area (Å²) >= 11 is 0. The molecular weight excluding hydrogens is 258 g/mol. The van der Waals surface area contributed by atoms with Crippen molar-refractivity contribution in [2.45, 2.75) is 53.1 Å². The third kappa shape index (κ3) is 3.73. The normalized spacial score (nSPS) is 12.6. The molecule has 0 amide bonds. The summed E-state index contributed by atoms with van der Waals surface area (Å²) in [6.07, 6.45) is 2.13. The Morgan fingerprint density at radius 1 is 1.14 bits per heavy atom. The number of benzene rings is 1. The van der Waals surface area contributed by atoms with Crippen LogP contribution in [0.3, 0.4) is 0 Å². The average molecular weight is 285 g/mol. The molecule has 0 aliphatic carbocycles. The smallest absolute Gasteiger partial charge is 0.0644 e. The van der Waals surface area contributed by atoms with Crippen LogP contribution in [0.25, 0.3) is 0 Å². The van der Waals surface area contributed by atoms with Gasteiger partial charge in [-0.15, -0.1) is 0 Å². The van der Waals surface area contributed by atoms with Crippen LogP contribution in [0.2, 0.25) is 0 Å². The molecule has 0 radical (unpaired) electrons. The minimum absolute atomic E-state index is 0.417. The van der Waals surface area contributed by atoms with Crippen molar-refractivity contribution < 1.29 is 0 Å². The van der Waals surface area contributed by atoms with E-state index in [0.717, 1.165) is 31.6 Å². The third-order valence-corrected chi connectivity index (χ3v) is 4.10. The zero-order valence-electron chi connectivity index (χ0n) is 13.7. The minimum atomic E-state index is 0.417. The van der Waals surface area contributed by atoms with E-state index in [1.807, 2.05) is 0 Å². The van der Waals surface area contributed by atoms with E-state index in [-0.39, 0.29) is 0 Å². The standard InChI is InChI=1S/C18H27N3/c1-5-17(19-6-2)18-14(3)20-21(15(18)4)13-12-16-10-8-7-9-11-16/h7-11,17,19H,5-6,12-13H2,1-4H3. The van der Waals surface area contributed by atoms with Gasteiger partial charge >= 0.3 is 0 Å². The molecule has 0 fully saturated rings. The van der Waals surface area contributed by atoms with Crippen molar-refractivity contribution in [3.8, 4) is 0 Å². The summed E-state index contributed by atoms with van der Waals surface area (Å²) in [6.45, 7) is 10.6. The van der Waals surface area contributed by atoms with Crippen molar-refractivity contribution in [1.82, 2.24) is 15.1 Å². The van der Waals surface area contributed by atoms with Gasteiger partial charge in [0.05, 0.1) is 5.69 Å². The number of nitrogens with zero attached hydrogens (tertiary/aromatic N) is 2. The second kappa shape index (κ2) is 7.41. The second-order valence-corrected chi connectivity index (χ2v) is 5.56. The van der Waals surface area contributed by atoms with Gasteiger partial charge in [-0.05, 0) is 38.8 Å². The highest BCUT2D eigenvalue weighted by molar-refractivity contribution is 5.28. The lowest BCUT2D eigenvalue weighted by Gasteiger charge is -2.16. The first-order valence-corrected chi connectivity index (χ1v) is 7.98. The van der Waals surface area contributed by atoms with E-state index >= 15 is 0 Å². The number of aryl methyl sites for hydroxylation is 3. The van der Waals surface area contributed by atoms with E-state index in [9.17, 15) is 0 Å². The molecule has 1 aromatic carbocycles. The number of rotatable bonds is 7. The molecule has 21 heavy (non-hydrogen) atoms. The van der Waals surface area contributed by atoms with Gasteiger partial charge in [0.15, 0.2) is 0 Å². The van der Waals surface area contributed by atoms with Crippen LogP contribution in [0.15, 0.2) is 30.3 Å². The van der Waals surface area contributed by atoms with Gasteiger partial charge in [0, 0.05) is 23.8 Å². The van der Waals surface area contributed by atoms with E-state index in [4.69, 9.17) is 5.10 Å². The molecule has 1 aromatic heterocycles. The lowest BCUT2D eigenvalue weighted by atomic mass is 10.0.